The zero-order valence-corrected chi connectivity index (χ0v) is 14.6. The lowest BCUT2D eigenvalue weighted by molar-refractivity contribution is 0.501. The fraction of sp³-hybridized carbons (Fsp3) is 0. The SMILES string of the molecule is F[B-](F)(F)c1cccc(-c2nc(-c3ccccc3)nc(-c3ccccc3)n2)c1. The zero-order valence-electron chi connectivity index (χ0n) is 14.6. The van der Waals surface area contributed by atoms with Gasteiger partial charge in [0.05, 0.1) is 0 Å². The number of nitrogens with zero attached hydrogens (tertiary/aromatic N) is 3. The first kappa shape index (κ1) is 17.9. The summed E-state index contributed by atoms with van der Waals surface area (Å²) in [5, 5.41) is 0. The van der Waals surface area contributed by atoms with Gasteiger partial charge in [0.25, 0.3) is 0 Å². The maximum atomic E-state index is 13.2. The molecule has 7 heteroatoms. The van der Waals surface area contributed by atoms with E-state index in [0.717, 1.165) is 23.3 Å². The molecule has 0 saturated heterocycles. The van der Waals surface area contributed by atoms with Crippen molar-refractivity contribution in [3.05, 3.63) is 84.9 Å². The smallest absolute Gasteiger partial charge is 0.445 e. The Morgan fingerprint density at radius 3 is 1.39 bits per heavy atom. The Morgan fingerprint density at radius 1 is 0.500 bits per heavy atom. The van der Waals surface area contributed by atoms with Crippen molar-refractivity contribution in [2.24, 2.45) is 0 Å². The summed E-state index contributed by atoms with van der Waals surface area (Å²) in [6, 6.07) is 23.6. The highest BCUT2D eigenvalue weighted by atomic mass is 19.4. The summed E-state index contributed by atoms with van der Waals surface area (Å²) in [4.78, 5) is 13.4. The monoisotopic (exact) mass is 376 g/mol. The van der Waals surface area contributed by atoms with Crippen molar-refractivity contribution in [3.63, 3.8) is 0 Å². The van der Waals surface area contributed by atoms with Crippen molar-refractivity contribution in [1.29, 1.82) is 0 Å². The van der Waals surface area contributed by atoms with Crippen molar-refractivity contribution in [3.8, 4) is 34.2 Å². The molecule has 4 aromatic rings. The predicted molar refractivity (Wildman–Crippen MR) is 105 cm³/mol. The van der Waals surface area contributed by atoms with Crippen LogP contribution in [0.2, 0.25) is 0 Å². The second kappa shape index (κ2) is 7.27. The molecule has 0 spiro atoms. The zero-order chi connectivity index (χ0) is 19.6. The quantitative estimate of drug-likeness (QED) is 0.475. The summed E-state index contributed by atoms with van der Waals surface area (Å²) in [6.45, 7) is -5.11. The molecule has 0 N–H and O–H groups in total. The molecule has 138 valence electrons. The van der Waals surface area contributed by atoms with Gasteiger partial charge in [-0.25, -0.2) is 15.0 Å². The topological polar surface area (TPSA) is 38.7 Å². The fourth-order valence-electron chi connectivity index (χ4n) is 2.82. The van der Waals surface area contributed by atoms with Crippen LogP contribution in [0.4, 0.5) is 12.9 Å². The highest BCUT2D eigenvalue weighted by molar-refractivity contribution is 6.73. The molecule has 0 fully saturated rings. The molecule has 0 amide bonds. The minimum Gasteiger partial charge on any atom is -0.445 e. The number of benzene rings is 3. The fourth-order valence-corrected chi connectivity index (χ4v) is 2.82. The van der Waals surface area contributed by atoms with Crippen LogP contribution in [0.5, 0.6) is 0 Å². The van der Waals surface area contributed by atoms with Crippen LogP contribution in [0.15, 0.2) is 84.9 Å². The minimum absolute atomic E-state index is 0.203. The van der Waals surface area contributed by atoms with Crippen molar-refractivity contribution >= 4 is 12.4 Å². The van der Waals surface area contributed by atoms with Crippen molar-refractivity contribution in [2.75, 3.05) is 0 Å². The van der Waals surface area contributed by atoms with E-state index in [0.29, 0.717) is 17.2 Å². The van der Waals surface area contributed by atoms with Gasteiger partial charge in [0, 0.05) is 16.7 Å². The molecule has 1 heterocycles. The lowest BCUT2D eigenvalue weighted by Crippen LogP contribution is -2.33. The highest BCUT2D eigenvalue weighted by Crippen LogP contribution is 2.24. The highest BCUT2D eigenvalue weighted by Gasteiger charge is 2.26. The van der Waals surface area contributed by atoms with Gasteiger partial charge in [-0.2, -0.15) is 0 Å². The van der Waals surface area contributed by atoms with E-state index in [4.69, 9.17) is 0 Å². The van der Waals surface area contributed by atoms with E-state index >= 15 is 0 Å². The van der Waals surface area contributed by atoms with E-state index < -0.39 is 12.4 Å². The second-order valence-corrected chi connectivity index (χ2v) is 6.24. The third-order valence-electron chi connectivity index (χ3n) is 4.22. The molecule has 28 heavy (non-hydrogen) atoms. The Bertz CT molecular complexity index is 1040. The molecule has 3 aromatic carbocycles. The van der Waals surface area contributed by atoms with E-state index in [9.17, 15) is 12.9 Å². The number of hydrogen-bond acceptors (Lipinski definition) is 3. The molecule has 3 nitrogen and oxygen atoms in total. The van der Waals surface area contributed by atoms with E-state index in [1.165, 1.54) is 6.07 Å². The molecule has 0 aliphatic heterocycles. The lowest BCUT2D eigenvalue weighted by atomic mass is 9.79. The molecular formula is C21H14BF3N3-. The van der Waals surface area contributed by atoms with Crippen LogP contribution in [0.1, 0.15) is 0 Å². The van der Waals surface area contributed by atoms with Crippen LogP contribution in [0.3, 0.4) is 0 Å². The third kappa shape index (κ3) is 3.78. The standard InChI is InChI=1S/C21H14BF3N3/c23-22(24,25)18-13-7-12-17(14-18)21-27-19(15-8-3-1-4-9-15)26-20(28-21)16-10-5-2-6-11-16/h1-14H/q-1. The molecule has 0 aliphatic carbocycles. The Hall–Kier alpha value is -3.48. The van der Waals surface area contributed by atoms with E-state index in [1.54, 1.807) is 6.07 Å². The molecule has 1 aromatic heterocycles. The van der Waals surface area contributed by atoms with Gasteiger partial charge in [-0.1, -0.05) is 84.9 Å². The van der Waals surface area contributed by atoms with E-state index in [2.05, 4.69) is 15.0 Å². The average Bonchev–Trinajstić information content (AvgIpc) is 2.74. The largest absolute Gasteiger partial charge is 0.509 e. The molecule has 0 bridgehead atoms. The lowest BCUT2D eigenvalue weighted by Gasteiger charge is -2.15. The summed E-state index contributed by atoms with van der Waals surface area (Å²) < 4.78 is 39.5. The first-order chi connectivity index (χ1) is 13.5. The molecule has 0 atom stereocenters. The number of aromatic nitrogens is 3. The molecular weight excluding hydrogens is 362 g/mol. The maximum absolute atomic E-state index is 13.2. The van der Waals surface area contributed by atoms with Gasteiger partial charge in [-0.15, -0.1) is 5.46 Å². The Kier molecular flexibility index (Phi) is 4.65. The van der Waals surface area contributed by atoms with Gasteiger partial charge in [0.15, 0.2) is 17.5 Å². The minimum atomic E-state index is -5.11. The van der Waals surface area contributed by atoms with Crippen LogP contribution in [-0.4, -0.2) is 21.9 Å². The van der Waals surface area contributed by atoms with Gasteiger partial charge in [0.2, 0.25) is 0 Å². The third-order valence-corrected chi connectivity index (χ3v) is 4.22. The number of rotatable bonds is 4. The van der Waals surface area contributed by atoms with Gasteiger partial charge in [-0.05, 0) is 0 Å². The maximum Gasteiger partial charge on any atom is 0.509 e. The van der Waals surface area contributed by atoms with Gasteiger partial charge in [-0.3, -0.25) is 0 Å². The van der Waals surface area contributed by atoms with Crippen molar-refractivity contribution < 1.29 is 12.9 Å². The van der Waals surface area contributed by atoms with Crippen LogP contribution in [0.25, 0.3) is 34.2 Å². The first-order valence-corrected chi connectivity index (χ1v) is 8.68. The molecule has 0 aliphatic rings. The van der Waals surface area contributed by atoms with Gasteiger partial charge in [0.1, 0.15) is 0 Å². The molecule has 0 unspecified atom stereocenters. The molecule has 0 radical (unpaired) electrons. The number of halogens is 3. The molecule has 4 rings (SSSR count). The first-order valence-electron chi connectivity index (χ1n) is 8.68. The normalized spacial score (nSPS) is 11.4. The summed E-state index contributed by atoms with van der Waals surface area (Å²) in [6.07, 6.45) is 0. The van der Waals surface area contributed by atoms with Crippen molar-refractivity contribution in [2.45, 2.75) is 0 Å². The molecule has 0 saturated carbocycles. The number of hydrogen-bond donors (Lipinski definition) is 0. The predicted octanol–water partition coefficient (Wildman–Crippen LogP) is 4.93. The van der Waals surface area contributed by atoms with E-state index in [1.807, 2.05) is 60.7 Å². The second-order valence-electron chi connectivity index (χ2n) is 6.24. The Balaban J connectivity index is 1.90. The van der Waals surface area contributed by atoms with E-state index in [-0.39, 0.29) is 5.82 Å². The van der Waals surface area contributed by atoms with Crippen LogP contribution in [0, 0.1) is 0 Å². The van der Waals surface area contributed by atoms with Crippen molar-refractivity contribution in [1.82, 2.24) is 15.0 Å². The van der Waals surface area contributed by atoms with Crippen LogP contribution < -0.4 is 5.46 Å². The summed E-state index contributed by atoms with van der Waals surface area (Å²) in [7, 11) is 0. The van der Waals surface area contributed by atoms with Crippen LogP contribution in [-0.2, 0) is 0 Å². The summed E-state index contributed by atoms with van der Waals surface area (Å²) >= 11 is 0. The Morgan fingerprint density at radius 2 is 0.929 bits per heavy atom. The van der Waals surface area contributed by atoms with Gasteiger partial charge < -0.3 is 12.9 Å². The summed E-state index contributed by atoms with van der Waals surface area (Å²) in [5.74, 6) is 1.02. The Labute approximate surface area is 160 Å². The van der Waals surface area contributed by atoms with Gasteiger partial charge >= 0.3 is 6.98 Å². The summed E-state index contributed by atoms with van der Waals surface area (Å²) in [5.41, 5.74) is 1.15. The van der Waals surface area contributed by atoms with Crippen LogP contribution >= 0.6 is 0 Å². The average molecular weight is 376 g/mol.